The fraction of sp³-hybridized carbons (Fsp3) is 0.689. The van der Waals surface area contributed by atoms with E-state index >= 15 is 0 Å². The van der Waals surface area contributed by atoms with Gasteiger partial charge >= 0.3 is 17.9 Å². The van der Waals surface area contributed by atoms with Crippen LogP contribution in [0.3, 0.4) is 0 Å². The first-order valence-electron chi connectivity index (χ1n) is 27.7. The number of hydrogen-bond acceptors (Lipinski definition) is 6. The number of esters is 3. The molecular formula is C61H102O6. The molecule has 0 N–H and O–H groups in total. The molecule has 1 atom stereocenters. The summed E-state index contributed by atoms with van der Waals surface area (Å²) in [7, 11) is 0. The molecule has 0 bridgehead atoms. The van der Waals surface area contributed by atoms with Crippen molar-refractivity contribution in [3.63, 3.8) is 0 Å². The van der Waals surface area contributed by atoms with Crippen LogP contribution in [0.2, 0.25) is 0 Å². The van der Waals surface area contributed by atoms with Crippen molar-refractivity contribution in [3.8, 4) is 0 Å². The topological polar surface area (TPSA) is 78.9 Å². The smallest absolute Gasteiger partial charge is 0.306 e. The van der Waals surface area contributed by atoms with E-state index in [1.54, 1.807) is 0 Å². The van der Waals surface area contributed by atoms with E-state index in [0.29, 0.717) is 19.3 Å². The summed E-state index contributed by atoms with van der Waals surface area (Å²) in [4.78, 5) is 38.1. The maximum absolute atomic E-state index is 12.8. The number of rotatable bonds is 49. The molecule has 6 nitrogen and oxygen atoms in total. The van der Waals surface area contributed by atoms with E-state index in [4.69, 9.17) is 14.2 Å². The van der Waals surface area contributed by atoms with Crippen LogP contribution in [-0.4, -0.2) is 37.2 Å². The van der Waals surface area contributed by atoms with Crippen molar-refractivity contribution in [2.24, 2.45) is 0 Å². The molecule has 382 valence electrons. The number of carbonyl (C=O) groups excluding carboxylic acids is 3. The molecule has 0 aliphatic carbocycles. The van der Waals surface area contributed by atoms with Crippen molar-refractivity contribution in [1.29, 1.82) is 0 Å². The van der Waals surface area contributed by atoms with Gasteiger partial charge in [-0.05, 0) is 116 Å². The van der Waals surface area contributed by atoms with Gasteiger partial charge < -0.3 is 14.2 Å². The van der Waals surface area contributed by atoms with Crippen molar-refractivity contribution in [2.75, 3.05) is 13.2 Å². The Hall–Kier alpha value is -3.67. The molecule has 0 unspecified atom stereocenters. The minimum absolute atomic E-state index is 0.117. The summed E-state index contributed by atoms with van der Waals surface area (Å²) in [6, 6.07) is 0. The van der Waals surface area contributed by atoms with Gasteiger partial charge in [-0.15, -0.1) is 0 Å². The van der Waals surface area contributed by atoms with Gasteiger partial charge in [-0.1, -0.05) is 214 Å². The molecule has 0 aliphatic heterocycles. The Labute approximate surface area is 413 Å². The summed E-state index contributed by atoms with van der Waals surface area (Å²) in [6.45, 7) is 6.50. The predicted molar refractivity (Wildman–Crippen MR) is 288 cm³/mol. The highest BCUT2D eigenvalue weighted by Crippen LogP contribution is 2.13. The lowest BCUT2D eigenvalue weighted by atomic mass is 10.1. The van der Waals surface area contributed by atoms with Crippen molar-refractivity contribution in [2.45, 2.75) is 258 Å². The maximum atomic E-state index is 12.8. The highest BCUT2D eigenvalue weighted by atomic mass is 16.6. The molecule has 67 heavy (non-hydrogen) atoms. The highest BCUT2D eigenvalue weighted by Gasteiger charge is 2.19. The van der Waals surface area contributed by atoms with Crippen LogP contribution in [0.15, 0.2) is 97.2 Å². The second-order valence-corrected chi connectivity index (χ2v) is 18.1. The van der Waals surface area contributed by atoms with Crippen LogP contribution in [0.4, 0.5) is 0 Å². The zero-order valence-corrected chi connectivity index (χ0v) is 43.6. The van der Waals surface area contributed by atoms with Crippen LogP contribution in [-0.2, 0) is 28.6 Å². The van der Waals surface area contributed by atoms with Crippen molar-refractivity contribution in [1.82, 2.24) is 0 Å². The first-order valence-corrected chi connectivity index (χ1v) is 27.7. The van der Waals surface area contributed by atoms with E-state index < -0.39 is 12.1 Å². The first kappa shape index (κ1) is 63.3. The molecule has 0 aromatic carbocycles. The lowest BCUT2D eigenvalue weighted by molar-refractivity contribution is -0.166. The number of allylic oxidation sites excluding steroid dienone is 16. The minimum Gasteiger partial charge on any atom is -0.462 e. The lowest BCUT2D eigenvalue weighted by Crippen LogP contribution is -2.30. The lowest BCUT2D eigenvalue weighted by Gasteiger charge is -2.18. The Morgan fingerprint density at radius 3 is 0.940 bits per heavy atom. The number of ether oxygens (including phenoxy) is 3. The molecule has 0 aromatic heterocycles. The zero-order chi connectivity index (χ0) is 48.6. The van der Waals surface area contributed by atoms with E-state index in [2.05, 4.69) is 112 Å². The summed E-state index contributed by atoms with van der Waals surface area (Å²) >= 11 is 0. The van der Waals surface area contributed by atoms with Crippen LogP contribution < -0.4 is 0 Å². The standard InChI is InChI=1S/C61H102O6/c1-4-7-10-13-16-19-22-25-28-29-30-31-34-37-40-43-46-49-52-55-61(64)67-58(56-65-59(62)53-50-47-44-41-38-35-32-26-23-20-17-14-11-8-5-2)57-66-60(63)54-51-48-45-42-39-36-33-27-24-21-18-15-12-9-6-3/h16-17,19-20,25-28,30-33,37,40,46,49,58H,4-15,18,21-24,29,34-36,38-39,41-45,47-48,50-57H2,1-3H3/b19-16-,20-17-,28-25-,31-30-,32-26-,33-27-,40-37-,49-46-/t58-/m1/s1. The number of hydrogen-bond donors (Lipinski definition) is 0. The van der Waals surface area contributed by atoms with Crippen LogP contribution in [0.1, 0.15) is 252 Å². The van der Waals surface area contributed by atoms with Crippen LogP contribution in [0.5, 0.6) is 0 Å². The zero-order valence-electron chi connectivity index (χ0n) is 43.6. The van der Waals surface area contributed by atoms with Gasteiger partial charge in [0.25, 0.3) is 0 Å². The third-order valence-electron chi connectivity index (χ3n) is 11.5. The van der Waals surface area contributed by atoms with Gasteiger partial charge in [0.15, 0.2) is 6.10 Å². The van der Waals surface area contributed by atoms with Gasteiger partial charge in [0.05, 0.1) is 0 Å². The van der Waals surface area contributed by atoms with Crippen LogP contribution in [0.25, 0.3) is 0 Å². The summed E-state index contributed by atoms with van der Waals surface area (Å²) in [5, 5.41) is 0. The summed E-state index contributed by atoms with van der Waals surface area (Å²) in [5.74, 6) is -1.02. The van der Waals surface area contributed by atoms with Gasteiger partial charge in [0.1, 0.15) is 13.2 Å². The van der Waals surface area contributed by atoms with Crippen molar-refractivity contribution >= 4 is 17.9 Å². The van der Waals surface area contributed by atoms with Gasteiger partial charge in [-0.25, -0.2) is 0 Å². The SMILES string of the molecule is CCCCC/C=C\C/C=C\C/C=C\C/C=C\C/C=C\CCC(=O)O[C@H](COC(=O)CCCCCCC/C=C\C/C=C\CCCCC)COC(=O)CCCCCCC/C=C\CCCCCCCC. The summed E-state index contributed by atoms with van der Waals surface area (Å²) in [5.41, 5.74) is 0. The van der Waals surface area contributed by atoms with E-state index in [0.717, 1.165) is 103 Å². The minimum atomic E-state index is -0.827. The molecule has 0 spiro atoms. The molecule has 0 rings (SSSR count). The van der Waals surface area contributed by atoms with Crippen molar-refractivity contribution in [3.05, 3.63) is 97.2 Å². The fourth-order valence-electron chi connectivity index (χ4n) is 7.33. The first-order chi connectivity index (χ1) is 33.0. The van der Waals surface area contributed by atoms with E-state index in [1.807, 2.05) is 6.08 Å². The molecule has 0 saturated heterocycles. The molecule has 0 heterocycles. The van der Waals surface area contributed by atoms with E-state index in [1.165, 1.54) is 103 Å². The van der Waals surface area contributed by atoms with E-state index in [-0.39, 0.29) is 31.6 Å². The molecule has 0 saturated carbocycles. The van der Waals surface area contributed by atoms with Gasteiger partial charge in [-0.3, -0.25) is 14.4 Å². The Morgan fingerprint density at radius 2 is 0.567 bits per heavy atom. The van der Waals surface area contributed by atoms with Gasteiger partial charge in [-0.2, -0.15) is 0 Å². The van der Waals surface area contributed by atoms with E-state index in [9.17, 15) is 14.4 Å². The van der Waals surface area contributed by atoms with Crippen molar-refractivity contribution < 1.29 is 28.6 Å². The molecule has 0 amide bonds. The number of unbranched alkanes of at least 4 members (excludes halogenated alkanes) is 22. The average molecular weight is 931 g/mol. The Morgan fingerprint density at radius 1 is 0.299 bits per heavy atom. The van der Waals surface area contributed by atoms with Crippen LogP contribution >= 0.6 is 0 Å². The fourth-order valence-corrected chi connectivity index (χ4v) is 7.33. The second kappa shape index (κ2) is 54.9. The molecule has 0 aliphatic rings. The van der Waals surface area contributed by atoms with Gasteiger partial charge in [0.2, 0.25) is 0 Å². The van der Waals surface area contributed by atoms with Crippen LogP contribution in [0, 0.1) is 0 Å². The maximum Gasteiger partial charge on any atom is 0.306 e. The Kier molecular flexibility index (Phi) is 51.9. The molecule has 0 fully saturated rings. The molecule has 6 heteroatoms. The second-order valence-electron chi connectivity index (χ2n) is 18.1. The molecule has 0 aromatic rings. The molecular weight excluding hydrogens is 829 g/mol. The summed E-state index contributed by atoms with van der Waals surface area (Å²) in [6.07, 6.45) is 72.6. The predicted octanol–water partition coefficient (Wildman–Crippen LogP) is 18.5. The number of carbonyl (C=O) groups is 3. The third kappa shape index (κ3) is 53.2. The summed E-state index contributed by atoms with van der Waals surface area (Å²) < 4.78 is 16.7. The highest BCUT2D eigenvalue weighted by molar-refractivity contribution is 5.71. The Bertz CT molecular complexity index is 1350. The third-order valence-corrected chi connectivity index (χ3v) is 11.5. The van der Waals surface area contributed by atoms with Gasteiger partial charge in [0, 0.05) is 19.3 Å². The molecule has 0 radical (unpaired) electrons. The average Bonchev–Trinajstić information content (AvgIpc) is 3.33. The monoisotopic (exact) mass is 931 g/mol. The Balaban J connectivity index is 4.55. The largest absolute Gasteiger partial charge is 0.462 e. The normalized spacial score (nSPS) is 12.8. The quantitative estimate of drug-likeness (QED) is 0.0262.